The molecule has 2 aromatic carbocycles. The van der Waals surface area contributed by atoms with Crippen molar-refractivity contribution in [1.29, 1.82) is 0 Å². The van der Waals surface area contributed by atoms with Crippen LogP contribution in [0.1, 0.15) is 29.2 Å². The number of aryl methyl sites for hydroxylation is 1. The number of aliphatic hydroxyl groups is 1. The Morgan fingerprint density at radius 1 is 1.30 bits per heavy atom. The fourth-order valence-corrected chi connectivity index (χ4v) is 3.51. The number of benzene rings is 2. The largest absolute Gasteiger partial charge is 0.482 e. The van der Waals surface area contributed by atoms with Gasteiger partial charge in [-0.2, -0.15) is 0 Å². The third kappa shape index (κ3) is 5.84. The lowest BCUT2D eigenvalue weighted by molar-refractivity contribution is -0.139. The topological polar surface area (TPSA) is 78.8 Å². The molecule has 1 aliphatic carbocycles. The molecule has 5 nitrogen and oxygen atoms in total. The van der Waals surface area contributed by atoms with Crippen molar-refractivity contribution < 1.29 is 19.7 Å². The molecule has 0 fully saturated rings. The van der Waals surface area contributed by atoms with E-state index >= 15 is 0 Å². The number of nitrogens with one attached hydrogen (secondary N) is 1. The zero-order chi connectivity index (χ0) is 18.5. The van der Waals surface area contributed by atoms with Crippen molar-refractivity contribution in [3.8, 4) is 5.75 Å². The van der Waals surface area contributed by atoms with E-state index in [2.05, 4.69) is 11.4 Å². The van der Waals surface area contributed by atoms with Crippen molar-refractivity contribution in [3.63, 3.8) is 0 Å². The second kappa shape index (κ2) is 9.95. The maximum Gasteiger partial charge on any atom is 0.341 e. The van der Waals surface area contributed by atoms with E-state index in [-0.39, 0.29) is 25.1 Å². The molecule has 1 aliphatic rings. The first kappa shape index (κ1) is 21.5. The highest BCUT2D eigenvalue weighted by Gasteiger charge is 2.22. The Morgan fingerprint density at radius 2 is 2.07 bits per heavy atom. The minimum Gasteiger partial charge on any atom is -0.482 e. The molecule has 0 radical (unpaired) electrons. The van der Waals surface area contributed by atoms with Crippen molar-refractivity contribution in [2.75, 3.05) is 13.2 Å². The van der Waals surface area contributed by atoms with E-state index in [1.807, 2.05) is 24.3 Å². The van der Waals surface area contributed by atoms with Crippen molar-refractivity contribution in [2.45, 2.75) is 31.4 Å². The third-order valence-electron chi connectivity index (χ3n) is 4.63. The molecule has 2 aromatic rings. The fourth-order valence-electron chi connectivity index (χ4n) is 3.31. The van der Waals surface area contributed by atoms with Gasteiger partial charge < -0.3 is 20.3 Å². The fraction of sp³-hybridized carbons (Fsp3) is 0.350. The minimum atomic E-state index is -0.988. The number of carboxylic acids is 1. The summed E-state index contributed by atoms with van der Waals surface area (Å²) in [5.41, 5.74) is 3.03. The van der Waals surface area contributed by atoms with Crippen LogP contribution in [-0.2, 0) is 17.6 Å². The summed E-state index contributed by atoms with van der Waals surface area (Å²) in [7, 11) is 0. The molecule has 0 saturated carbocycles. The molecule has 2 atom stereocenters. The van der Waals surface area contributed by atoms with Gasteiger partial charge >= 0.3 is 5.97 Å². The van der Waals surface area contributed by atoms with Crippen molar-refractivity contribution in [2.24, 2.45) is 0 Å². The third-order valence-corrected chi connectivity index (χ3v) is 4.86. The lowest BCUT2D eigenvalue weighted by Gasteiger charge is -2.28. The number of halogens is 2. The monoisotopic (exact) mass is 411 g/mol. The van der Waals surface area contributed by atoms with E-state index in [1.54, 1.807) is 12.1 Å². The predicted octanol–water partition coefficient (Wildman–Crippen LogP) is 3.41. The van der Waals surface area contributed by atoms with Gasteiger partial charge in [-0.25, -0.2) is 4.79 Å². The highest BCUT2D eigenvalue weighted by atomic mass is 35.5. The molecular formula is C20H23Cl2NO4. The molecule has 0 heterocycles. The normalized spacial score (nSPS) is 16.7. The standard InChI is InChI=1S/C20H22ClNO4.ClH/c21-15-5-1-4-14(9-15)18(23)11-22-16-8-7-13-3-2-6-19(17(13)10-16)26-12-20(24)25;/h1-6,9,16,18,22-23H,7-8,10-12H2,(H,24,25);1H/t16?,18-;/m0./s1. The van der Waals surface area contributed by atoms with E-state index in [1.165, 1.54) is 5.56 Å². The lowest BCUT2D eigenvalue weighted by Crippen LogP contribution is -2.37. The molecule has 0 aliphatic heterocycles. The van der Waals surface area contributed by atoms with Crippen LogP contribution >= 0.6 is 24.0 Å². The SMILES string of the molecule is Cl.O=C(O)COc1cccc2c1CC(NC[C@H](O)c1cccc(Cl)c1)CC2. The zero-order valence-corrected chi connectivity index (χ0v) is 16.3. The number of carbonyl (C=O) groups is 1. The van der Waals surface area contributed by atoms with Gasteiger partial charge in [-0.3, -0.25) is 0 Å². The molecule has 7 heteroatoms. The van der Waals surface area contributed by atoms with E-state index in [9.17, 15) is 9.90 Å². The van der Waals surface area contributed by atoms with Crippen LogP contribution in [0.2, 0.25) is 5.02 Å². The number of hydrogen-bond acceptors (Lipinski definition) is 4. The quantitative estimate of drug-likeness (QED) is 0.650. The van der Waals surface area contributed by atoms with Gasteiger partial charge in [-0.15, -0.1) is 12.4 Å². The molecule has 0 spiro atoms. The van der Waals surface area contributed by atoms with Crippen molar-refractivity contribution in [3.05, 3.63) is 64.2 Å². The van der Waals surface area contributed by atoms with Gasteiger partial charge in [0.15, 0.2) is 6.61 Å². The first-order valence-corrected chi connectivity index (χ1v) is 9.03. The highest BCUT2D eigenvalue weighted by molar-refractivity contribution is 6.30. The summed E-state index contributed by atoms with van der Waals surface area (Å²) in [5.74, 6) is -0.357. The second-order valence-electron chi connectivity index (χ2n) is 6.50. The van der Waals surface area contributed by atoms with Gasteiger partial charge in [0.2, 0.25) is 0 Å². The summed E-state index contributed by atoms with van der Waals surface area (Å²) in [6, 6.07) is 13.2. The predicted molar refractivity (Wildman–Crippen MR) is 107 cm³/mol. The molecule has 27 heavy (non-hydrogen) atoms. The molecule has 0 bridgehead atoms. The van der Waals surface area contributed by atoms with Gasteiger partial charge in [0.05, 0.1) is 6.10 Å². The molecule has 0 aromatic heterocycles. The number of carboxylic acid groups (broad SMARTS) is 1. The Labute approximate surface area is 169 Å². The highest BCUT2D eigenvalue weighted by Crippen LogP contribution is 2.30. The molecular weight excluding hydrogens is 389 g/mol. The van der Waals surface area contributed by atoms with E-state index in [4.69, 9.17) is 21.4 Å². The number of fused-ring (bicyclic) bond motifs is 1. The molecule has 0 amide bonds. The van der Waals surface area contributed by atoms with Crippen LogP contribution < -0.4 is 10.1 Å². The van der Waals surface area contributed by atoms with Gasteiger partial charge in [0.25, 0.3) is 0 Å². The van der Waals surface area contributed by atoms with Crippen LogP contribution in [0.5, 0.6) is 5.75 Å². The average Bonchev–Trinajstić information content (AvgIpc) is 2.64. The molecule has 3 N–H and O–H groups in total. The maximum absolute atomic E-state index is 10.8. The first-order valence-electron chi connectivity index (χ1n) is 8.65. The Hall–Kier alpha value is -1.79. The summed E-state index contributed by atoms with van der Waals surface area (Å²) in [4.78, 5) is 10.8. The average molecular weight is 412 g/mol. The molecule has 1 unspecified atom stereocenters. The zero-order valence-electron chi connectivity index (χ0n) is 14.7. The van der Waals surface area contributed by atoms with E-state index in [0.29, 0.717) is 17.3 Å². The Kier molecular flexibility index (Phi) is 7.92. The lowest BCUT2D eigenvalue weighted by atomic mass is 9.87. The van der Waals surface area contributed by atoms with Crippen LogP contribution in [0.3, 0.4) is 0 Å². The number of hydrogen-bond donors (Lipinski definition) is 3. The first-order chi connectivity index (χ1) is 12.5. The molecule has 146 valence electrons. The van der Waals surface area contributed by atoms with Gasteiger partial charge in [-0.05, 0) is 54.2 Å². The summed E-state index contributed by atoms with van der Waals surface area (Å²) < 4.78 is 5.43. The Bertz CT molecular complexity index is 784. The summed E-state index contributed by atoms with van der Waals surface area (Å²) in [6.07, 6.45) is 1.96. The Balaban J connectivity index is 0.00000261. The van der Waals surface area contributed by atoms with Crippen LogP contribution in [0.25, 0.3) is 0 Å². The summed E-state index contributed by atoms with van der Waals surface area (Å²) in [6.45, 7) is 0.0839. The smallest absolute Gasteiger partial charge is 0.341 e. The number of aliphatic hydroxyl groups excluding tert-OH is 1. The minimum absolute atomic E-state index is 0. The number of aliphatic carboxylic acids is 1. The van der Waals surface area contributed by atoms with Gasteiger partial charge in [-0.1, -0.05) is 35.9 Å². The van der Waals surface area contributed by atoms with Crippen LogP contribution in [0.15, 0.2) is 42.5 Å². The van der Waals surface area contributed by atoms with Crippen LogP contribution in [-0.4, -0.2) is 35.4 Å². The van der Waals surface area contributed by atoms with Gasteiger partial charge in [0, 0.05) is 17.6 Å². The number of rotatable bonds is 7. The van der Waals surface area contributed by atoms with Gasteiger partial charge in [0.1, 0.15) is 5.75 Å². The second-order valence-corrected chi connectivity index (χ2v) is 6.93. The summed E-state index contributed by atoms with van der Waals surface area (Å²) >= 11 is 5.98. The van der Waals surface area contributed by atoms with Crippen LogP contribution in [0.4, 0.5) is 0 Å². The Morgan fingerprint density at radius 3 is 2.81 bits per heavy atom. The summed E-state index contributed by atoms with van der Waals surface area (Å²) in [5, 5.41) is 23.2. The van der Waals surface area contributed by atoms with Crippen LogP contribution in [0, 0.1) is 0 Å². The molecule has 3 rings (SSSR count). The van der Waals surface area contributed by atoms with Crippen molar-refractivity contribution >= 4 is 30.0 Å². The van der Waals surface area contributed by atoms with Crippen molar-refractivity contribution in [1.82, 2.24) is 5.32 Å². The van der Waals surface area contributed by atoms with E-state index < -0.39 is 12.1 Å². The van der Waals surface area contributed by atoms with E-state index in [0.717, 1.165) is 30.4 Å². The molecule has 0 saturated heterocycles. The number of ether oxygens (including phenoxy) is 1. The maximum atomic E-state index is 10.8.